The third-order valence-electron chi connectivity index (χ3n) is 5.87. The quantitative estimate of drug-likeness (QED) is 0.468. The number of carbonyl (C=O) groups is 1. The van der Waals surface area contributed by atoms with Gasteiger partial charge in [0.05, 0.1) is 12.2 Å². The molecule has 0 bridgehead atoms. The van der Waals surface area contributed by atoms with Crippen molar-refractivity contribution in [3.63, 3.8) is 0 Å². The molecule has 0 radical (unpaired) electrons. The highest BCUT2D eigenvalue weighted by atomic mass is 35.5. The van der Waals surface area contributed by atoms with Gasteiger partial charge in [-0.2, -0.15) is 0 Å². The summed E-state index contributed by atoms with van der Waals surface area (Å²) >= 11 is 6.29. The number of aliphatic hydroxyl groups excluding tert-OH is 1. The highest BCUT2D eigenvalue weighted by molar-refractivity contribution is 6.31. The zero-order valence-corrected chi connectivity index (χ0v) is 19.9. The predicted octanol–water partition coefficient (Wildman–Crippen LogP) is 4.69. The van der Waals surface area contributed by atoms with Crippen LogP contribution >= 0.6 is 11.6 Å². The second-order valence-electron chi connectivity index (χ2n) is 9.01. The van der Waals surface area contributed by atoms with Crippen molar-refractivity contribution < 1.29 is 15.0 Å². The molecule has 0 aromatic heterocycles. The minimum absolute atomic E-state index is 0.115. The third-order valence-corrected chi connectivity index (χ3v) is 6.23. The van der Waals surface area contributed by atoms with E-state index in [9.17, 15) is 15.0 Å². The Morgan fingerprint density at radius 3 is 2.55 bits per heavy atom. The number of nitrogens with two attached hydrogens (primary N) is 1. The van der Waals surface area contributed by atoms with Gasteiger partial charge >= 0.3 is 0 Å². The maximum absolute atomic E-state index is 12.7. The van der Waals surface area contributed by atoms with Crippen molar-refractivity contribution in [2.45, 2.75) is 77.4 Å². The van der Waals surface area contributed by atoms with Crippen molar-refractivity contribution >= 4 is 17.4 Å². The normalized spacial score (nSPS) is 13.8. The largest absolute Gasteiger partial charge is 0.395 e. The van der Waals surface area contributed by atoms with Crippen molar-refractivity contribution in [1.29, 1.82) is 0 Å². The average Bonchev–Trinajstić information content (AvgIpc) is 2.72. The van der Waals surface area contributed by atoms with E-state index in [0.29, 0.717) is 30.7 Å². The Hall–Kier alpha value is -1.72. The van der Waals surface area contributed by atoms with Crippen LogP contribution in [0.1, 0.15) is 74.3 Å². The summed E-state index contributed by atoms with van der Waals surface area (Å²) in [6, 6.07) is 11.4. The van der Waals surface area contributed by atoms with Crippen molar-refractivity contribution in [3.8, 4) is 0 Å². The number of carbonyl (C=O) groups excluding carboxylic acids is 1. The number of hydrogen-bond donors (Lipinski definition) is 3. The van der Waals surface area contributed by atoms with E-state index in [1.54, 1.807) is 13.8 Å². The lowest BCUT2D eigenvalue weighted by molar-refractivity contribution is -0.118. The van der Waals surface area contributed by atoms with E-state index in [2.05, 4.69) is 13.8 Å². The maximum atomic E-state index is 12.7. The molecule has 0 heterocycles. The molecule has 2 atom stereocenters. The molecule has 2 rings (SSSR count). The minimum Gasteiger partial charge on any atom is -0.395 e. The minimum atomic E-state index is -1.02. The zero-order chi connectivity index (χ0) is 23.2. The summed E-state index contributed by atoms with van der Waals surface area (Å²) in [5.74, 6) is 0.277. The van der Waals surface area contributed by atoms with Gasteiger partial charge in [0, 0.05) is 23.9 Å². The molecular formula is C26H36ClNO3. The number of ketones is 1. The van der Waals surface area contributed by atoms with Gasteiger partial charge in [0.15, 0.2) is 0 Å². The van der Waals surface area contributed by atoms with E-state index in [-0.39, 0.29) is 18.3 Å². The third kappa shape index (κ3) is 7.15. The maximum Gasteiger partial charge on any atom is 0.137 e. The van der Waals surface area contributed by atoms with E-state index in [1.165, 1.54) is 5.56 Å². The molecule has 170 valence electrons. The van der Waals surface area contributed by atoms with Crippen LogP contribution in [0.3, 0.4) is 0 Å². The fraction of sp³-hybridized carbons (Fsp3) is 0.500. The molecule has 0 saturated heterocycles. The van der Waals surface area contributed by atoms with E-state index in [1.807, 2.05) is 36.4 Å². The van der Waals surface area contributed by atoms with E-state index in [4.69, 9.17) is 17.3 Å². The standard InChI is InChI=1S/C26H36ClNO3/c1-5-18-10-12-25(27)19(13-18)14-21(30)11-9-17(2)22-7-6-8-24(26(3,4)31)23(22)15-20(28)16-29/h6-8,10,12-13,17,20,29,31H,5,9,11,14-16,28H2,1-4H3/t17-,20-/m1/s1. The van der Waals surface area contributed by atoms with Gasteiger partial charge in [-0.25, -0.2) is 0 Å². The Bertz CT molecular complexity index is 889. The zero-order valence-electron chi connectivity index (χ0n) is 19.1. The number of benzene rings is 2. The molecule has 4 nitrogen and oxygen atoms in total. The van der Waals surface area contributed by atoms with Gasteiger partial charge in [0.2, 0.25) is 0 Å². The Labute approximate surface area is 191 Å². The number of aliphatic hydroxyl groups is 2. The molecule has 0 unspecified atom stereocenters. The fourth-order valence-corrected chi connectivity index (χ4v) is 4.20. The van der Waals surface area contributed by atoms with Crippen LogP contribution in [0.5, 0.6) is 0 Å². The molecular weight excluding hydrogens is 410 g/mol. The Morgan fingerprint density at radius 2 is 1.94 bits per heavy atom. The van der Waals surface area contributed by atoms with Crippen molar-refractivity contribution in [2.75, 3.05) is 6.61 Å². The van der Waals surface area contributed by atoms with Gasteiger partial charge in [-0.05, 0) is 72.9 Å². The van der Waals surface area contributed by atoms with Crippen LogP contribution in [-0.4, -0.2) is 28.6 Å². The molecule has 5 heteroatoms. The topological polar surface area (TPSA) is 83.5 Å². The lowest BCUT2D eigenvalue weighted by Gasteiger charge is -2.27. The molecule has 2 aromatic carbocycles. The van der Waals surface area contributed by atoms with Crippen LogP contribution in [0.4, 0.5) is 0 Å². The SMILES string of the molecule is CCc1ccc(Cl)c(CC(=O)CC[C@@H](C)c2cccc(C(C)(C)O)c2C[C@@H](N)CO)c1. The van der Waals surface area contributed by atoms with Gasteiger partial charge in [-0.1, -0.05) is 55.8 Å². The number of Topliss-reactive ketones (excluding diaryl/α,β-unsaturated/α-hetero) is 1. The van der Waals surface area contributed by atoms with Crippen LogP contribution < -0.4 is 5.73 Å². The number of rotatable bonds is 11. The van der Waals surface area contributed by atoms with Gasteiger partial charge in [-0.15, -0.1) is 0 Å². The highest BCUT2D eigenvalue weighted by Gasteiger charge is 2.25. The molecule has 4 N–H and O–H groups in total. The van der Waals surface area contributed by atoms with Gasteiger partial charge in [0.25, 0.3) is 0 Å². The summed E-state index contributed by atoms with van der Waals surface area (Å²) < 4.78 is 0. The Morgan fingerprint density at radius 1 is 1.23 bits per heavy atom. The first-order chi connectivity index (χ1) is 14.6. The summed E-state index contributed by atoms with van der Waals surface area (Å²) in [5.41, 5.74) is 9.93. The summed E-state index contributed by atoms with van der Waals surface area (Å²) in [5, 5.41) is 20.7. The average molecular weight is 446 g/mol. The van der Waals surface area contributed by atoms with Crippen LogP contribution in [0.2, 0.25) is 5.02 Å². The van der Waals surface area contributed by atoms with Crippen molar-refractivity contribution in [2.24, 2.45) is 5.73 Å². The van der Waals surface area contributed by atoms with Crippen LogP contribution in [0.25, 0.3) is 0 Å². The van der Waals surface area contributed by atoms with Crippen LogP contribution in [0.15, 0.2) is 36.4 Å². The first-order valence-corrected chi connectivity index (χ1v) is 11.4. The number of aryl methyl sites for hydroxylation is 1. The molecule has 0 aliphatic carbocycles. The summed E-state index contributed by atoms with van der Waals surface area (Å²) in [6.45, 7) is 7.56. The molecule has 0 spiro atoms. The van der Waals surface area contributed by atoms with Gasteiger partial charge < -0.3 is 15.9 Å². The summed E-state index contributed by atoms with van der Waals surface area (Å²) in [6.07, 6.45) is 2.87. The van der Waals surface area contributed by atoms with Crippen molar-refractivity contribution in [3.05, 3.63) is 69.2 Å². The fourth-order valence-electron chi connectivity index (χ4n) is 4.01. The van der Waals surface area contributed by atoms with Crippen molar-refractivity contribution in [1.82, 2.24) is 0 Å². The van der Waals surface area contributed by atoms with Crippen LogP contribution in [0, 0.1) is 0 Å². The Balaban J connectivity index is 2.16. The second kappa shape index (κ2) is 11.2. The van der Waals surface area contributed by atoms with Gasteiger partial charge in [-0.3, -0.25) is 4.79 Å². The smallest absolute Gasteiger partial charge is 0.137 e. The van der Waals surface area contributed by atoms with Crippen LogP contribution in [-0.2, 0) is 29.7 Å². The number of hydrogen-bond acceptors (Lipinski definition) is 4. The molecule has 0 fully saturated rings. The van der Waals surface area contributed by atoms with E-state index >= 15 is 0 Å². The van der Waals surface area contributed by atoms with Gasteiger partial charge in [0.1, 0.15) is 5.78 Å². The second-order valence-corrected chi connectivity index (χ2v) is 9.42. The molecule has 31 heavy (non-hydrogen) atoms. The van der Waals surface area contributed by atoms with E-state index < -0.39 is 11.6 Å². The first kappa shape index (κ1) is 25.5. The summed E-state index contributed by atoms with van der Waals surface area (Å²) in [4.78, 5) is 12.7. The Kier molecular flexibility index (Phi) is 9.26. The predicted molar refractivity (Wildman–Crippen MR) is 128 cm³/mol. The molecule has 0 saturated carbocycles. The number of halogens is 1. The molecule has 0 aliphatic heterocycles. The highest BCUT2D eigenvalue weighted by Crippen LogP contribution is 2.33. The lowest BCUT2D eigenvalue weighted by Crippen LogP contribution is -2.30. The lowest BCUT2D eigenvalue weighted by atomic mass is 9.82. The molecule has 0 aliphatic rings. The summed E-state index contributed by atoms with van der Waals surface area (Å²) in [7, 11) is 0. The first-order valence-electron chi connectivity index (χ1n) is 11.1. The molecule has 2 aromatic rings. The monoisotopic (exact) mass is 445 g/mol. The van der Waals surface area contributed by atoms with E-state index in [0.717, 1.165) is 28.7 Å². The molecule has 0 amide bonds.